The summed E-state index contributed by atoms with van der Waals surface area (Å²) in [7, 11) is 0. The number of hydrogen-bond acceptors (Lipinski definition) is 11. The van der Waals surface area contributed by atoms with E-state index in [0.29, 0.717) is 0 Å². The van der Waals surface area contributed by atoms with Crippen molar-refractivity contribution in [2.75, 3.05) is 0 Å². The fraction of sp³-hybridized carbons (Fsp3) is 0.615. The van der Waals surface area contributed by atoms with Gasteiger partial charge in [0.25, 0.3) is 0 Å². The van der Waals surface area contributed by atoms with Gasteiger partial charge in [0.15, 0.2) is 0 Å². The molecule has 0 radical (unpaired) electrons. The normalized spacial score (nSPS) is 15.6. The van der Waals surface area contributed by atoms with Crippen LogP contribution >= 0.6 is 63.1 Å². The monoisotopic (exact) mass is 513 g/mol. The van der Waals surface area contributed by atoms with E-state index in [1.165, 1.54) is 0 Å². The Morgan fingerprint density at radius 3 is 0.828 bits per heavy atom. The van der Waals surface area contributed by atoms with Crippen LogP contribution in [0, 0.1) is 0 Å². The molecule has 0 saturated carbocycles. The molecule has 0 aliphatic rings. The first kappa shape index (κ1) is 32.7. The Balaban J connectivity index is -0.000000350. The van der Waals surface area contributed by atoms with Crippen molar-refractivity contribution in [2.45, 2.75) is 45.6 Å². The molecule has 170 valence electrons. The van der Waals surface area contributed by atoms with Gasteiger partial charge in [-0.1, -0.05) is 0 Å². The second-order valence-electron chi connectivity index (χ2n) is 5.60. The molecular weight excluding hydrogens is 490 g/mol. The van der Waals surface area contributed by atoms with Gasteiger partial charge in [0, 0.05) is 4.75 Å². The van der Waals surface area contributed by atoms with Crippen molar-refractivity contribution in [3.8, 4) is 0 Å². The zero-order chi connectivity index (χ0) is 24.3. The molecule has 0 aliphatic heterocycles. The third-order valence-corrected chi connectivity index (χ3v) is 5.46. The van der Waals surface area contributed by atoms with Gasteiger partial charge in [-0.05, 0) is 13.8 Å². The molecule has 0 aromatic rings. The zero-order valence-electron chi connectivity index (χ0n) is 15.0. The Hall–Kier alpha value is -0.940. The van der Waals surface area contributed by atoms with Crippen molar-refractivity contribution in [3.05, 3.63) is 0 Å². The number of aliphatic carboxylic acids is 5. The maximum atomic E-state index is 10.2. The minimum atomic E-state index is -1.29. The lowest BCUT2D eigenvalue weighted by Gasteiger charge is -2.21. The molecular formula is C13H23NO10S5. The molecule has 0 fully saturated rings. The predicted octanol–water partition coefficient (Wildman–Crippen LogP) is -0.388. The van der Waals surface area contributed by atoms with Crippen molar-refractivity contribution in [3.63, 3.8) is 0 Å². The van der Waals surface area contributed by atoms with Crippen molar-refractivity contribution in [1.29, 1.82) is 0 Å². The SMILES string of the molecule is CC(C)(S)[C@@H](N)C(=O)O.O=C(O)C(S)C(S)C(=O)O.O=C(O)C(S)C(S)C(=O)O. The van der Waals surface area contributed by atoms with Crippen LogP contribution in [0.3, 0.4) is 0 Å². The topological polar surface area (TPSA) is 213 Å². The lowest BCUT2D eigenvalue weighted by atomic mass is 10.1. The van der Waals surface area contributed by atoms with E-state index in [1.807, 2.05) is 0 Å². The summed E-state index contributed by atoms with van der Waals surface area (Å²) in [6.45, 7) is 3.32. The van der Waals surface area contributed by atoms with Gasteiger partial charge in [0.05, 0.1) is 0 Å². The molecule has 0 saturated heterocycles. The molecule has 16 heteroatoms. The Kier molecular flexibility index (Phi) is 16.9. The van der Waals surface area contributed by atoms with Gasteiger partial charge in [-0.25, -0.2) is 0 Å². The van der Waals surface area contributed by atoms with E-state index in [2.05, 4.69) is 63.1 Å². The van der Waals surface area contributed by atoms with Crippen LogP contribution in [0.25, 0.3) is 0 Å². The predicted molar refractivity (Wildman–Crippen MR) is 120 cm³/mol. The van der Waals surface area contributed by atoms with E-state index in [4.69, 9.17) is 31.3 Å². The van der Waals surface area contributed by atoms with Crippen LogP contribution in [0.15, 0.2) is 0 Å². The molecule has 0 heterocycles. The standard InChI is InChI=1S/C5H11NO2S.2C4H6O4S2/c1-5(2,9)3(6)4(7)8;2*5-3(6)1(9)2(10)4(7)8/h3,9H,6H2,1-2H3,(H,7,8);2*1-2,9-10H,(H,5,6)(H,7,8)/t3-;;/m0../s1. The smallest absolute Gasteiger partial charge is 0.321 e. The van der Waals surface area contributed by atoms with Gasteiger partial charge in [-0.2, -0.15) is 63.1 Å². The number of carboxylic acids is 5. The lowest BCUT2D eigenvalue weighted by molar-refractivity contribution is -0.142. The van der Waals surface area contributed by atoms with Gasteiger partial charge in [0.1, 0.15) is 27.0 Å². The largest absolute Gasteiger partial charge is 0.480 e. The summed E-state index contributed by atoms with van der Waals surface area (Å²) in [4.78, 5) is 50.4. The molecule has 4 unspecified atom stereocenters. The minimum absolute atomic E-state index is 0.647. The second kappa shape index (κ2) is 15.0. The molecule has 0 rings (SSSR count). The lowest BCUT2D eigenvalue weighted by Crippen LogP contribution is -2.45. The van der Waals surface area contributed by atoms with Crippen LogP contribution in [-0.4, -0.2) is 87.2 Å². The van der Waals surface area contributed by atoms with Crippen molar-refractivity contribution in [1.82, 2.24) is 0 Å². The minimum Gasteiger partial charge on any atom is -0.480 e. The summed E-state index contributed by atoms with van der Waals surface area (Å²) in [6, 6.07) is -0.902. The number of hydrogen-bond donors (Lipinski definition) is 11. The number of rotatable bonds is 8. The molecule has 0 aromatic carbocycles. The first-order valence-electron chi connectivity index (χ1n) is 7.13. The Morgan fingerprint density at radius 2 is 0.793 bits per heavy atom. The van der Waals surface area contributed by atoms with Gasteiger partial charge in [-0.3, -0.25) is 24.0 Å². The third kappa shape index (κ3) is 15.5. The Bertz CT molecular complexity index is 525. The quantitative estimate of drug-likeness (QED) is 0.188. The first-order chi connectivity index (χ1) is 12.8. The van der Waals surface area contributed by atoms with E-state index >= 15 is 0 Å². The maximum Gasteiger partial charge on any atom is 0.321 e. The highest BCUT2D eigenvalue weighted by Gasteiger charge is 2.28. The molecule has 0 amide bonds. The summed E-state index contributed by atoms with van der Waals surface area (Å²) in [5.74, 6) is -6.16. The second-order valence-corrected chi connectivity index (χ2v) is 8.98. The molecule has 29 heavy (non-hydrogen) atoms. The summed E-state index contributed by atoms with van der Waals surface area (Å²) >= 11 is 18.0. The fourth-order valence-electron chi connectivity index (χ4n) is 0.842. The zero-order valence-corrected chi connectivity index (χ0v) is 19.4. The molecule has 0 bridgehead atoms. The Labute approximate surface area is 193 Å². The Morgan fingerprint density at radius 1 is 0.621 bits per heavy atom. The molecule has 0 spiro atoms. The first-order valence-corrected chi connectivity index (χ1v) is 9.64. The summed E-state index contributed by atoms with van der Waals surface area (Å²) in [6.07, 6.45) is 0. The highest BCUT2D eigenvalue weighted by Crippen LogP contribution is 2.15. The molecule has 7 N–H and O–H groups in total. The van der Waals surface area contributed by atoms with Crippen LogP contribution < -0.4 is 5.73 Å². The van der Waals surface area contributed by atoms with E-state index < -0.39 is 61.6 Å². The van der Waals surface area contributed by atoms with Crippen LogP contribution in [0.4, 0.5) is 0 Å². The summed E-state index contributed by atoms with van der Waals surface area (Å²) < 4.78 is -0.647. The summed E-state index contributed by atoms with van der Waals surface area (Å²) in [5, 5.41) is 36.1. The highest BCUT2D eigenvalue weighted by molar-refractivity contribution is 7.86. The van der Waals surface area contributed by atoms with Crippen LogP contribution in [0.1, 0.15) is 13.8 Å². The van der Waals surface area contributed by atoms with Crippen molar-refractivity contribution >= 4 is 93.0 Å². The van der Waals surface area contributed by atoms with E-state index in [1.54, 1.807) is 13.8 Å². The number of carbonyl (C=O) groups is 5. The van der Waals surface area contributed by atoms with E-state index in [-0.39, 0.29) is 0 Å². The average Bonchev–Trinajstić information content (AvgIpc) is 2.57. The molecule has 0 aliphatic carbocycles. The van der Waals surface area contributed by atoms with Gasteiger partial charge >= 0.3 is 29.8 Å². The van der Waals surface area contributed by atoms with E-state index in [0.717, 1.165) is 0 Å². The van der Waals surface area contributed by atoms with Gasteiger partial charge in [-0.15, -0.1) is 0 Å². The summed E-state index contributed by atoms with van der Waals surface area (Å²) in [5.41, 5.74) is 5.22. The van der Waals surface area contributed by atoms with Crippen LogP contribution in [0.2, 0.25) is 0 Å². The molecule has 0 aromatic heterocycles. The third-order valence-electron chi connectivity index (χ3n) is 2.64. The average molecular weight is 514 g/mol. The number of carboxylic acid groups (broad SMARTS) is 5. The van der Waals surface area contributed by atoms with E-state index in [9.17, 15) is 24.0 Å². The number of thiol groups is 5. The fourth-order valence-corrected chi connectivity index (χ4v) is 1.46. The van der Waals surface area contributed by atoms with Crippen LogP contribution in [0.5, 0.6) is 0 Å². The maximum absolute atomic E-state index is 10.2. The highest BCUT2D eigenvalue weighted by atomic mass is 32.1. The van der Waals surface area contributed by atoms with Crippen LogP contribution in [-0.2, 0) is 24.0 Å². The van der Waals surface area contributed by atoms with Crippen molar-refractivity contribution < 1.29 is 49.5 Å². The van der Waals surface area contributed by atoms with Gasteiger partial charge < -0.3 is 31.3 Å². The molecule has 5 atom stereocenters. The van der Waals surface area contributed by atoms with Crippen molar-refractivity contribution in [2.24, 2.45) is 5.73 Å². The van der Waals surface area contributed by atoms with Gasteiger partial charge in [0.2, 0.25) is 0 Å². The number of nitrogens with two attached hydrogens (primary N) is 1. The molecule has 11 nitrogen and oxygen atoms in total.